The van der Waals surface area contributed by atoms with Crippen LogP contribution < -0.4 is 5.32 Å². The predicted octanol–water partition coefficient (Wildman–Crippen LogP) is 4.82. The van der Waals surface area contributed by atoms with E-state index < -0.39 is 0 Å². The van der Waals surface area contributed by atoms with E-state index >= 15 is 0 Å². The van der Waals surface area contributed by atoms with Gasteiger partial charge in [-0.3, -0.25) is 0 Å². The first-order valence-electron chi connectivity index (χ1n) is 6.05. The van der Waals surface area contributed by atoms with Crippen molar-refractivity contribution in [3.05, 3.63) is 20.8 Å². The van der Waals surface area contributed by atoms with Gasteiger partial charge >= 0.3 is 0 Å². The molecule has 1 aromatic rings. The Hall–Kier alpha value is 0.140. The molecule has 1 unspecified atom stereocenters. The van der Waals surface area contributed by atoms with Crippen LogP contribution in [0.4, 0.5) is 0 Å². The summed E-state index contributed by atoms with van der Waals surface area (Å²) in [4.78, 5) is 1.40. The molecule has 3 heteroatoms. The number of hydrogen-bond donors (Lipinski definition) is 1. The summed E-state index contributed by atoms with van der Waals surface area (Å²) in [5.74, 6) is 0.832. The maximum atomic E-state index is 3.58. The van der Waals surface area contributed by atoms with Crippen molar-refractivity contribution in [1.29, 1.82) is 0 Å². The minimum absolute atomic E-state index is 0.618. The number of halogens is 1. The Balaban J connectivity index is 2.15. The van der Waals surface area contributed by atoms with Gasteiger partial charge in [0, 0.05) is 21.9 Å². The van der Waals surface area contributed by atoms with Crippen molar-refractivity contribution in [2.75, 3.05) is 0 Å². The van der Waals surface area contributed by atoms with E-state index in [0.29, 0.717) is 6.04 Å². The zero-order chi connectivity index (χ0) is 12.0. The highest BCUT2D eigenvalue weighted by atomic mass is 79.9. The highest BCUT2D eigenvalue weighted by Crippen LogP contribution is 2.22. The lowest BCUT2D eigenvalue weighted by molar-refractivity contribution is 0.458. The molecule has 1 aromatic heterocycles. The highest BCUT2D eigenvalue weighted by Gasteiger charge is 2.05. The van der Waals surface area contributed by atoms with Gasteiger partial charge in [-0.25, -0.2) is 0 Å². The SMILES string of the molecule is CC(C)CCCC(C)NCc1sccc1Br. The standard InChI is InChI=1S/C13H22BrNS/c1-10(2)5-4-6-11(3)15-9-13-12(14)7-8-16-13/h7-8,10-11,15H,4-6,9H2,1-3H3. The monoisotopic (exact) mass is 303 g/mol. The molecule has 0 saturated heterocycles. The van der Waals surface area contributed by atoms with E-state index in [0.717, 1.165) is 12.5 Å². The molecular weight excluding hydrogens is 282 g/mol. The number of rotatable bonds is 7. The quantitative estimate of drug-likeness (QED) is 0.762. The van der Waals surface area contributed by atoms with Crippen molar-refractivity contribution in [2.24, 2.45) is 5.92 Å². The molecule has 1 heterocycles. The summed E-state index contributed by atoms with van der Waals surface area (Å²) >= 11 is 5.37. The molecule has 0 bridgehead atoms. The average Bonchev–Trinajstić information content (AvgIpc) is 2.60. The molecule has 92 valence electrons. The summed E-state index contributed by atoms with van der Waals surface area (Å²) in [6.07, 6.45) is 3.95. The molecule has 0 amide bonds. The van der Waals surface area contributed by atoms with Gasteiger partial charge < -0.3 is 5.32 Å². The lowest BCUT2D eigenvalue weighted by Gasteiger charge is -2.14. The third-order valence-corrected chi connectivity index (χ3v) is 4.65. The van der Waals surface area contributed by atoms with Crippen LogP contribution in [0.15, 0.2) is 15.9 Å². The number of hydrogen-bond acceptors (Lipinski definition) is 2. The molecule has 0 aliphatic carbocycles. The molecule has 0 spiro atoms. The molecule has 0 aliphatic rings. The first-order valence-corrected chi connectivity index (χ1v) is 7.72. The smallest absolute Gasteiger partial charge is 0.0327 e. The van der Waals surface area contributed by atoms with E-state index in [-0.39, 0.29) is 0 Å². The van der Waals surface area contributed by atoms with Gasteiger partial charge in [0.25, 0.3) is 0 Å². The van der Waals surface area contributed by atoms with E-state index in [1.807, 2.05) is 11.3 Å². The summed E-state index contributed by atoms with van der Waals surface area (Å²) < 4.78 is 1.24. The first-order chi connectivity index (χ1) is 7.59. The fourth-order valence-electron chi connectivity index (χ4n) is 1.65. The lowest BCUT2D eigenvalue weighted by Crippen LogP contribution is -2.25. The lowest BCUT2D eigenvalue weighted by atomic mass is 10.0. The molecule has 1 N–H and O–H groups in total. The molecule has 0 radical (unpaired) electrons. The Morgan fingerprint density at radius 3 is 2.62 bits per heavy atom. The molecule has 1 atom stereocenters. The van der Waals surface area contributed by atoms with Crippen LogP contribution in [0, 0.1) is 5.92 Å². The molecule has 0 aromatic carbocycles. The number of thiophene rings is 1. The molecular formula is C13H22BrNS. The fourth-order valence-corrected chi connectivity index (χ4v) is 3.10. The summed E-state index contributed by atoms with van der Waals surface area (Å²) in [6.45, 7) is 7.85. The third kappa shape index (κ3) is 5.46. The predicted molar refractivity (Wildman–Crippen MR) is 77.0 cm³/mol. The maximum Gasteiger partial charge on any atom is 0.0327 e. The summed E-state index contributed by atoms with van der Waals surface area (Å²) in [7, 11) is 0. The van der Waals surface area contributed by atoms with Crippen molar-refractivity contribution in [3.63, 3.8) is 0 Å². The second kappa shape index (κ2) is 7.46. The minimum Gasteiger partial charge on any atom is -0.309 e. The second-order valence-electron chi connectivity index (χ2n) is 4.80. The second-order valence-corrected chi connectivity index (χ2v) is 6.65. The third-order valence-electron chi connectivity index (χ3n) is 2.72. The minimum atomic E-state index is 0.618. The zero-order valence-electron chi connectivity index (χ0n) is 10.4. The van der Waals surface area contributed by atoms with Gasteiger partial charge in [-0.15, -0.1) is 11.3 Å². The van der Waals surface area contributed by atoms with Gasteiger partial charge in [-0.05, 0) is 46.6 Å². The fraction of sp³-hybridized carbons (Fsp3) is 0.692. The Labute approximate surface area is 112 Å². The van der Waals surface area contributed by atoms with E-state index in [9.17, 15) is 0 Å². The van der Waals surface area contributed by atoms with Crippen molar-refractivity contribution >= 4 is 27.3 Å². The molecule has 0 aliphatic heterocycles. The van der Waals surface area contributed by atoms with Crippen LogP contribution in [-0.2, 0) is 6.54 Å². The van der Waals surface area contributed by atoms with Gasteiger partial charge in [-0.2, -0.15) is 0 Å². The average molecular weight is 304 g/mol. The van der Waals surface area contributed by atoms with E-state index in [1.54, 1.807) is 0 Å². The molecule has 16 heavy (non-hydrogen) atoms. The summed E-state index contributed by atoms with van der Waals surface area (Å²) in [5.41, 5.74) is 0. The van der Waals surface area contributed by atoms with Crippen LogP contribution in [0.3, 0.4) is 0 Å². The van der Waals surface area contributed by atoms with Crippen molar-refractivity contribution in [1.82, 2.24) is 5.32 Å². The van der Waals surface area contributed by atoms with Crippen LogP contribution in [-0.4, -0.2) is 6.04 Å². The molecule has 1 rings (SSSR count). The topological polar surface area (TPSA) is 12.0 Å². The Morgan fingerprint density at radius 2 is 2.06 bits per heavy atom. The van der Waals surface area contributed by atoms with Gasteiger partial charge in [0.15, 0.2) is 0 Å². The zero-order valence-corrected chi connectivity index (χ0v) is 12.8. The van der Waals surface area contributed by atoms with Crippen molar-refractivity contribution in [2.45, 2.75) is 52.6 Å². The van der Waals surface area contributed by atoms with Crippen LogP contribution in [0.25, 0.3) is 0 Å². The van der Waals surface area contributed by atoms with Gasteiger partial charge in [0.1, 0.15) is 0 Å². The summed E-state index contributed by atoms with van der Waals surface area (Å²) in [5, 5.41) is 5.71. The highest BCUT2D eigenvalue weighted by molar-refractivity contribution is 9.10. The Bertz CT molecular complexity index is 296. The molecule has 1 nitrogen and oxygen atoms in total. The van der Waals surface area contributed by atoms with E-state index in [2.05, 4.69) is 53.5 Å². The number of nitrogens with one attached hydrogen (secondary N) is 1. The first kappa shape index (κ1) is 14.2. The van der Waals surface area contributed by atoms with Crippen LogP contribution in [0.5, 0.6) is 0 Å². The molecule has 0 fully saturated rings. The largest absolute Gasteiger partial charge is 0.309 e. The van der Waals surface area contributed by atoms with Gasteiger partial charge in [0.2, 0.25) is 0 Å². The molecule has 0 saturated carbocycles. The van der Waals surface area contributed by atoms with Crippen LogP contribution >= 0.6 is 27.3 Å². The van der Waals surface area contributed by atoms with Crippen molar-refractivity contribution < 1.29 is 0 Å². The Kier molecular flexibility index (Phi) is 6.62. The van der Waals surface area contributed by atoms with Gasteiger partial charge in [0.05, 0.1) is 0 Å². The normalized spacial score (nSPS) is 13.3. The van der Waals surface area contributed by atoms with Crippen molar-refractivity contribution in [3.8, 4) is 0 Å². The van der Waals surface area contributed by atoms with E-state index in [1.165, 1.54) is 28.6 Å². The van der Waals surface area contributed by atoms with Crippen LogP contribution in [0.2, 0.25) is 0 Å². The van der Waals surface area contributed by atoms with Gasteiger partial charge in [-0.1, -0.05) is 26.7 Å². The Morgan fingerprint density at radius 1 is 1.31 bits per heavy atom. The summed E-state index contributed by atoms with van der Waals surface area (Å²) in [6, 6.07) is 2.73. The van der Waals surface area contributed by atoms with E-state index in [4.69, 9.17) is 0 Å². The maximum absolute atomic E-state index is 3.58. The van der Waals surface area contributed by atoms with Crippen LogP contribution in [0.1, 0.15) is 44.9 Å².